The lowest BCUT2D eigenvalue weighted by Crippen LogP contribution is -2.33. The highest BCUT2D eigenvalue weighted by Gasteiger charge is 2.10. The maximum Gasteiger partial charge on any atom is 0.243 e. The summed E-state index contributed by atoms with van der Waals surface area (Å²) in [6.07, 6.45) is 4.34. The molecule has 29 heavy (non-hydrogen) atoms. The summed E-state index contributed by atoms with van der Waals surface area (Å²) in [5.41, 5.74) is 5.93. The van der Waals surface area contributed by atoms with Crippen LogP contribution in [0.4, 0.5) is 5.69 Å². The van der Waals surface area contributed by atoms with Gasteiger partial charge in [-0.2, -0.15) is 11.8 Å². The van der Waals surface area contributed by atoms with E-state index >= 15 is 0 Å². The van der Waals surface area contributed by atoms with Gasteiger partial charge < -0.3 is 15.0 Å². The van der Waals surface area contributed by atoms with Crippen LogP contribution in [0.5, 0.6) is 0 Å². The zero-order valence-electron chi connectivity index (χ0n) is 17.0. The molecule has 6 nitrogen and oxygen atoms in total. The number of thioether (sulfide) groups is 1. The lowest BCUT2D eigenvalue weighted by atomic mass is 10.1. The number of carbonyl (C=O) groups is 2. The second-order valence-corrected chi connectivity index (χ2v) is 8.20. The van der Waals surface area contributed by atoms with Gasteiger partial charge >= 0.3 is 0 Å². The highest BCUT2D eigenvalue weighted by molar-refractivity contribution is 7.98. The average molecular weight is 411 g/mol. The number of rotatable bonds is 8. The van der Waals surface area contributed by atoms with Crippen LogP contribution in [0.3, 0.4) is 0 Å². The van der Waals surface area contributed by atoms with E-state index in [0.717, 1.165) is 39.5 Å². The summed E-state index contributed by atoms with van der Waals surface area (Å²) in [5.74, 6) is 1.09. The highest BCUT2D eigenvalue weighted by Crippen LogP contribution is 2.21. The van der Waals surface area contributed by atoms with Gasteiger partial charge in [-0.05, 0) is 44.0 Å². The van der Waals surface area contributed by atoms with Crippen LogP contribution in [-0.2, 0) is 15.3 Å². The zero-order chi connectivity index (χ0) is 20.8. The summed E-state index contributed by atoms with van der Waals surface area (Å²) >= 11 is 1.65. The van der Waals surface area contributed by atoms with Crippen LogP contribution in [0.1, 0.15) is 28.8 Å². The molecule has 0 spiro atoms. The van der Waals surface area contributed by atoms with E-state index in [-0.39, 0.29) is 18.4 Å². The van der Waals surface area contributed by atoms with Crippen molar-refractivity contribution in [1.82, 2.24) is 14.7 Å². The van der Waals surface area contributed by atoms with Crippen LogP contribution in [-0.4, -0.2) is 33.5 Å². The smallest absolute Gasteiger partial charge is 0.243 e. The maximum absolute atomic E-state index is 12.2. The molecule has 7 heteroatoms. The molecule has 0 radical (unpaired) electrons. The fourth-order valence-corrected chi connectivity index (χ4v) is 4.05. The number of amides is 2. The normalized spacial score (nSPS) is 10.9. The molecule has 152 valence electrons. The van der Waals surface area contributed by atoms with Gasteiger partial charge in [0.15, 0.2) is 0 Å². The predicted molar refractivity (Wildman–Crippen MR) is 118 cm³/mol. The van der Waals surface area contributed by atoms with E-state index in [0.29, 0.717) is 12.2 Å². The van der Waals surface area contributed by atoms with Crippen molar-refractivity contribution in [2.45, 2.75) is 32.9 Å². The summed E-state index contributed by atoms with van der Waals surface area (Å²) in [7, 11) is 0. The van der Waals surface area contributed by atoms with Crippen molar-refractivity contribution in [3.05, 3.63) is 65.1 Å². The molecule has 0 saturated heterocycles. The van der Waals surface area contributed by atoms with Crippen molar-refractivity contribution < 1.29 is 9.59 Å². The number of hydrogen-bond acceptors (Lipinski definition) is 4. The molecular weight excluding hydrogens is 384 g/mol. The molecule has 0 unspecified atom stereocenters. The number of imidazole rings is 1. The van der Waals surface area contributed by atoms with Crippen molar-refractivity contribution in [2.24, 2.45) is 0 Å². The van der Waals surface area contributed by atoms with Gasteiger partial charge in [-0.1, -0.05) is 23.8 Å². The number of anilines is 1. The Morgan fingerprint density at radius 3 is 2.59 bits per heavy atom. The molecule has 3 rings (SSSR count). The second kappa shape index (κ2) is 9.60. The third-order valence-electron chi connectivity index (χ3n) is 4.52. The van der Waals surface area contributed by atoms with E-state index in [9.17, 15) is 9.59 Å². The number of nitrogens with one attached hydrogen (secondary N) is 2. The van der Waals surface area contributed by atoms with Gasteiger partial charge in [-0.3, -0.25) is 9.59 Å². The third-order valence-corrected chi connectivity index (χ3v) is 5.52. The summed E-state index contributed by atoms with van der Waals surface area (Å²) in [5, 5.41) is 5.58. The Morgan fingerprint density at radius 2 is 1.86 bits per heavy atom. The van der Waals surface area contributed by atoms with Crippen molar-refractivity contribution >= 4 is 34.9 Å². The SMILES string of the molecule is Cc1cc(C)c(NC(=O)CNC(=O)CCSCc2cn3ccccc3n2)c(C)c1. The van der Waals surface area contributed by atoms with E-state index in [2.05, 4.69) is 15.6 Å². The Kier molecular flexibility index (Phi) is 6.93. The Balaban J connectivity index is 1.37. The van der Waals surface area contributed by atoms with E-state index < -0.39 is 0 Å². The third kappa shape index (κ3) is 5.84. The number of fused-ring (bicyclic) bond motifs is 1. The molecule has 0 aliphatic rings. The molecule has 2 amide bonds. The molecule has 2 aromatic heterocycles. The first kappa shape index (κ1) is 20.9. The molecule has 2 N–H and O–H groups in total. The molecule has 2 heterocycles. The topological polar surface area (TPSA) is 75.5 Å². The van der Waals surface area contributed by atoms with Crippen LogP contribution in [0.2, 0.25) is 0 Å². The fourth-order valence-electron chi connectivity index (χ4n) is 3.23. The molecule has 0 atom stereocenters. The van der Waals surface area contributed by atoms with Gasteiger partial charge in [0.2, 0.25) is 11.8 Å². The molecule has 0 bridgehead atoms. The number of hydrogen-bond donors (Lipinski definition) is 2. The Hall–Kier alpha value is -2.80. The Labute approximate surface area is 175 Å². The van der Waals surface area contributed by atoms with Crippen molar-refractivity contribution in [3.63, 3.8) is 0 Å². The van der Waals surface area contributed by atoms with Gasteiger partial charge in [0.1, 0.15) is 5.65 Å². The number of aryl methyl sites for hydroxylation is 3. The molecular formula is C22H26N4O2S. The summed E-state index contributed by atoms with van der Waals surface area (Å²) in [6.45, 7) is 5.94. The summed E-state index contributed by atoms with van der Waals surface area (Å²) < 4.78 is 1.98. The van der Waals surface area contributed by atoms with Crippen molar-refractivity contribution in [2.75, 3.05) is 17.6 Å². The monoisotopic (exact) mass is 410 g/mol. The van der Waals surface area contributed by atoms with Crippen molar-refractivity contribution in [3.8, 4) is 0 Å². The second-order valence-electron chi connectivity index (χ2n) is 7.10. The predicted octanol–water partition coefficient (Wildman–Crippen LogP) is 3.64. The first-order chi connectivity index (χ1) is 13.9. The molecule has 0 aliphatic carbocycles. The number of aromatic nitrogens is 2. The summed E-state index contributed by atoms with van der Waals surface area (Å²) in [4.78, 5) is 28.7. The molecule has 0 aliphatic heterocycles. The van der Waals surface area contributed by atoms with Gasteiger partial charge in [-0.15, -0.1) is 0 Å². The van der Waals surface area contributed by atoms with E-state index in [1.807, 2.05) is 67.9 Å². The lowest BCUT2D eigenvalue weighted by molar-refractivity contribution is -0.123. The van der Waals surface area contributed by atoms with Crippen LogP contribution >= 0.6 is 11.8 Å². The Morgan fingerprint density at radius 1 is 1.10 bits per heavy atom. The fraction of sp³-hybridized carbons (Fsp3) is 0.318. The first-order valence-electron chi connectivity index (χ1n) is 9.57. The van der Waals surface area contributed by atoms with E-state index in [1.165, 1.54) is 0 Å². The lowest BCUT2D eigenvalue weighted by Gasteiger charge is -2.13. The van der Waals surface area contributed by atoms with Crippen LogP contribution in [0.15, 0.2) is 42.7 Å². The minimum Gasteiger partial charge on any atom is -0.347 e. The zero-order valence-corrected chi connectivity index (χ0v) is 17.8. The van der Waals surface area contributed by atoms with E-state index in [1.54, 1.807) is 11.8 Å². The van der Waals surface area contributed by atoms with Gasteiger partial charge in [0, 0.05) is 36.0 Å². The number of carbonyl (C=O) groups excluding carboxylic acids is 2. The van der Waals surface area contributed by atoms with Crippen LogP contribution in [0, 0.1) is 20.8 Å². The Bertz CT molecular complexity index is 973. The highest BCUT2D eigenvalue weighted by atomic mass is 32.2. The van der Waals surface area contributed by atoms with Crippen molar-refractivity contribution in [1.29, 1.82) is 0 Å². The number of benzene rings is 1. The van der Waals surface area contributed by atoms with Gasteiger partial charge in [0.05, 0.1) is 12.2 Å². The van der Waals surface area contributed by atoms with Crippen LogP contribution < -0.4 is 10.6 Å². The van der Waals surface area contributed by atoms with Crippen LogP contribution in [0.25, 0.3) is 5.65 Å². The molecule has 1 aromatic carbocycles. The first-order valence-corrected chi connectivity index (χ1v) is 10.7. The van der Waals surface area contributed by atoms with E-state index in [4.69, 9.17) is 0 Å². The molecule has 0 saturated carbocycles. The molecule has 3 aromatic rings. The minimum atomic E-state index is -0.217. The van der Waals surface area contributed by atoms with Gasteiger partial charge in [-0.25, -0.2) is 4.98 Å². The standard InChI is InChI=1S/C22H26N4O2S/c1-15-10-16(2)22(17(3)11-15)25-21(28)12-23-20(27)7-9-29-14-18-13-26-8-5-4-6-19(26)24-18/h4-6,8,10-11,13H,7,9,12,14H2,1-3H3,(H,23,27)(H,25,28). The number of pyridine rings is 1. The molecule has 0 fully saturated rings. The maximum atomic E-state index is 12.2. The van der Waals surface area contributed by atoms with Gasteiger partial charge in [0.25, 0.3) is 0 Å². The number of nitrogens with zero attached hydrogens (tertiary/aromatic N) is 2. The summed E-state index contributed by atoms with van der Waals surface area (Å²) in [6, 6.07) is 9.95. The quantitative estimate of drug-likeness (QED) is 0.556. The largest absolute Gasteiger partial charge is 0.347 e. The average Bonchev–Trinajstić information content (AvgIpc) is 3.09. The minimum absolute atomic E-state index is 0.0251.